The predicted molar refractivity (Wildman–Crippen MR) is 87.6 cm³/mol. The first kappa shape index (κ1) is 17.5. The smallest absolute Gasteiger partial charge is 0.339 e. The highest BCUT2D eigenvalue weighted by atomic mass is 19.1. The van der Waals surface area contributed by atoms with Crippen LogP contribution in [0.5, 0.6) is 5.75 Å². The van der Waals surface area contributed by atoms with E-state index in [1.807, 2.05) is 0 Å². The fourth-order valence-electron chi connectivity index (χ4n) is 1.98. The molecule has 0 bridgehead atoms. The van der Waals surface area contributed by atoms with Crippen LogP contribution in [0.15, 0.2) is 42.5 Å². The van der Waals surface area contributed by atoms with Crippen LogP contribution in [0.4, 0.5) is 10.1 Å². The van der Waals surface area contributed by atoms with Gasteiger partial charge in [0, 0.05) is 0 Å². The molecule has 0 fully saturated rings. The van der Waals surface area contributed by atoms with Gasteiger partial charge < -0.3 is 14.8 Å². The third kappa shape index (κ3) is 4.10. The molecule has 0 unspecified atom stereocenters. The molecule has 2 aromatic carbocycles. The van der Waals surface area contributed by atoms with E-state index in [-0.39, 0.29) is 5.56 Å². The van der Waals surface area contributed by atoms with Gasteiger partial charge in [-0.05, 0) is 43.7 Å². The lowest BCUT2D eigenvalue weighted by atomic mass is 10.1. The number of halogens is 1. The van der Waals surface area contributed by atoms with Crippen LogP contribution in [0.25, 0.3) is 0 Å². The second-order valence-electron chi connectivity index (χ2n) is 5.20. The molecule has 0 spiro atoms. The van der Waals surface area contributed by atoms with Gasteiger partial charge in [0.25, 0.3) is 5.91 Å². The Bertz CT molecular complexity index is 760. The zero-order valence-electron chi connectivity index (χ0n) is 13.6. The number of carbonyl (C=O) groups excluding carboxylic acids is 2. The van der Waals surface area contributed by atoms with Crippen LogP contribution in [0.3, 0.4) is 0 Å². The number of carbonyl (C=O) groups is 2. The van der Waals surface area contributed by atoms with Gasteiger partial charge in [-0.1, -0.05) is 18.2 Å². The third-order valence-electron chi connectivity index (χ3n) is 3.43. The number of amides is 1. The Balaban J connectivity index is 2.03. The van der Waals surface area contributed by atoms with E-state index in [4.69, 9.17) is 9.47 Å². The quantitative estimate of drug-likeness (QED) is 0.854. The molecule has 0 aromatic heterocycles. The van der Waals surface area contributed by atoms with Gasteiger partial charge in [-0.2, -0.15) is 0 Å². The number of para-hydroxylation sites is 2. The van der Waals surface area contributed by atoms with Crippen LogP contribution in [-0.4, -0.2) is 25.1 Å². The van der Waals surface area contributed by atoms with Crippen LogP contribution in [0.2, 0.25) is 0 Å². The molecule has 0 saturated carbocycles. The van der Waals surface area contributed by atoms with Crippen molar-refractivity contribution < 1.29 is 23.5 Å². The van der Waals surface area contributed by atoms with Gasteiger partial charge in [0.1, 0.15) is 11.6 Å². The SMILES string of the molecule is COc1ccccc1NC(=O)[C@@H](C)OC(=O)c1ccc(C)c(F)c1. The molecule has 0 radical (unpaired) electrons. The third-order valence-corrected chi connectivity index (χ3v) is 3.43. The van der Waals surface area contributed by atoms with E-state index in [2.05, 4.69) is 5.32 Å². The van der Waals surface area contributed by atoms with Crippen molar-refractivity contribution in [2.24, 2.45) is 0 Å². The Labute approximate surface area is 139 Å². The van der Waals surface area contributed by atoms with Crippen molar-refractivity contribution >= 4 is 17.6 Å². The average molecular weight is 331 g/mol. The molecule has 0 aliphatic carbocycles. The topological polar surface area (TPSA) is 64.6 Å². The number of nitrogens with one attached hydrogen (secondary N) is 1. The maximum atomic E-state index is 13.5. The maximum absolute atomic E-state index is 13.5. The monoisotopic (exact) mass is 331 g/mol. The van der Waals surface area contributed by atoms with E-state index in [1.54, 1.807) is 31.2 Å². The Morgan fingerprint density at radius 1 is 1.17 bits per heavy atom. The lowest BCUT2D eigenvalue weighted by molar-refractivity contribution is -0.123. The summed E-state index contributed by atoms with van der Waals surface area (Å²) in [7, 11) is 1.49. The second kappa shape index (κ2) is 7.59. The van der Waals surface area contributed by atoms with Crippen molar-refractivity contribution in [1.29, 1.82) is 0 Å². The highest BCUT2D eigenvalue weighted by molar-refractivity contribution is 5.98. The fraction of sp³-hybridized carbons (Fsp3) is 0.222. The molecule has 0 aliphatic rings. The van der Waals surface area contributed by atoms with Gasteiger partial charge in [-0.3, -0.25) is 4.79 Å². The second-order valence-corrected chi connectivity index (χ2v) is 5.20. The van der Waals surface area contributed by atoms with Crippen molar-refractivity contribution in [3.63, 3.8) is 0 Å². The molecule has 126 valence electrons. The highest BCUT2D eigenvalue weighted by Crippen LogP contribution is 2.23. The van der Waals surface area contributed by atoms with E-state index in [9.17, 15) is 14.0 Å². The summed E-state index contributed by atoms with van der Waals surface area (Å²) in [6, 6.07) is 10.9. The van der Waals surface area contributed by atoms with Crippen molar-refractivity contribution in [3.05, 3.63) is 59.4 Å². The first-order valence-corrected chi connectivity index (χ1v) is 7.33. The molecule has 1 amide bonds. The van der Waals surface area contributed by atoms with Gasteiger partial charge >= 0.3 is 5.97 Å². The summed E-state index contributed by atoms with van der Waals surface area (Å²) in [6.07, 6.45) is -1.05. The van der Waals surface area contributed by atoms with Crippen LogP contribution in [0, 0.1) is 12.7 Å². The van der Waals surface area contributed by atoms with Gasteiger partial charge in [0.05, 0.1) is 18.4 Å². The molecule has 24 heavy (non-hydrogen) atoms. The van der Waals surface area contributed by atoms with Crippen molar-refractivity contribution in [1.82, 2.24) is 0 Å². The number of hydrogen-bond acceptors (Lipinski definition) is 4. The Morgan fingerprint density at radius 3 is 2.54 bits per heavy atom. The van der Waals surface area contributed by atoms with E-state index in [0.717, 1.165) is 6.07 Å². The van der Waals surface area contributed by atoms with Gasteiger partial charge in [0.2, 0.25) is 0 Å². The summed E-state index contributed by atoms with van der Waals surface area (Å²) in [5.41, 5.74) is 0.942. The predicted octanol–water partition coefficient (Wildman–Crippen LogP) is 3.33. The summed E-state index contributed by atoms with van der Waals surface area (Å²) in [4.78, 5) is 24.2. The molecular formula is C18H18FNO4. The number of esters is 1. The Kier molecular flexibility index (Phi) is 5.52. The maximum Gasteiger partial charge on any atom is 0.339 e. The molecule has 1 atom stereocenters. The van der Waals surface area contributed by atoms with E-state index in [0.29, 0.717) is 17.0 Å². The molecule has 5 nitrogen and oxygen atoms in total. The molecular weight excluding hydrogens is 313 g/mol. The number of ether oxygens (including phenoxy) is 2. The summed E-state index contributed by atoms with van der Waals surface area (Å²) in [6.45, 7) is 3.03. The standard InChI is InChI=1S/C18H18FNO4/c1-11-8-9-13(10-14(11)19)18(22)24-12(2)17(21)20-15-6-4-5-7-16(15)23-3/h4-10,12H,1-3H3,(H,20,21)/t12-/m1/s1. The zero-order chi connectivity index (χ0) is 17.7. The minimum atomic E-state index is -1.05. The van der Waals surface area contributed by atoms with Gasteiger partial charge in [-0.25, -0.2) is 9.18 Å². The van der Waals surface area contributed by atoms with E-state index in [1.165, 1.54) is 26.2 Å². The highest BCUT2D eigenvalue weighted by Gasteiger charge is 2.20. The summed E-state index contributed by atoms with van der Waals surface area (Å²) in [5, 5.41) is 2.62. The Morgan fingerprint density at radius 2 is 1.88 bits per heavy atom. The molecule has 0 heterocycles. The molecule has 6 heteroatoms. The number of methoxy groups -OCH3 is 1. The zero-order valence-corrected chi connectivity index (χ0v) is 13.6. The Hall–Kier alpha value is -2.89. The normalized spacial score (nSPS) is 11.5. The summed E-state index contributed by atoms with van der Waals surface area (Å²) >= 11 is 0. The summed E-state index contributed by atoms with van der Waals surface area (Å²) < 4.78 is 23.7. The largest absolute Gasteiger partial charge is 0.495 e. The fourth-order valence-corrected chi connectivity index (χ4v) is 1.98. The lowest BCUT2D eigenvalue weighted by Crippen LogP contribution is -2.30. The van der Waals surface area contributed by atoms with E-state index >= 15 is 0 Å². The van der Waals surface area contributed by atoms with Gasteiger partial charge in [0.15, 0.2) is 6.10 Å². The molecule has 0 aliphatic heterocycles. The van der Waals surface area contributed by atoms with Crippen LogP contribution in [0.1, 0.15) is 22.8 Å². The molecule has 1 N–H and O–H groups in total. The average Bonchev–Trinajstić information content (AvgIpc) is 2.57. The summed E-state index contributed by atoms with van der Waals surface area (Å²) in [5.74, 6) is -1.29. The number of aryl methyl sites for hydroxylation is 1. The first-order valence-electron chi connectivity index (χ1n) is 7.33. The minimum absolute atomic E-state index is 0.0510. The number of benzene rings is 2. The number of hydrogen-bond donors (Lipinski definition) is 1. The minimum Gasteiger partial charge on any atom is -0.495 e. The van der Waals surface area contributed by atoms with Crippen molar-refractivity contribution in [2.45, 2.75) is 20.0 Å². The molecule has 2 aromatic rings. The van der Waals surface area contributed by atoms with Crippen molar-refractivity contribution in [3.8, 4) is 5.75 Å². The number of rotatable bonds is 5. The van der Waals surface area contributed by atoms with Gasteiger partial charge in [-0.15, -0.1) is 0 Å². The first-order chi connectivity index (χ1) is 11.4. The van der Waals surface area contributed by atoms with Crippen molar-refractivity contribution in [2.75, 3.05) is 12.4 Å². The molecule has 0 saturated heterocycles. The molecule has 2 rings (SSSR count). The van der Waals surface area contributed by atoms with Crippen LogP contribution >= 0.6 is 0 Å². The lowest BCUT2D eigenvalue weighted by Gasteiger charge is -2.15. The van der Waals surface area contributed by atoms with Crippen LogP contribution in [-0.2, 0) is 9.53 Å². The van der Waals surface area contributed by atoms with E-state index < -0.39 is 23.8 Å². The number of anilines is 1. The van der Waals surface area contributed by atoms with Crippen LogP contribution < -0.4 is 10.1 Å².